The molecule has 4 nitrogen and oxygen atoms in total. The minimum atomic E-state index is -3.43. The van der Waals surface area contributed by atoms with E-state index in [0.717, 1.165) is 11.3 Å². The fraction of sp³-hybridized carbons (Fsp3) is 0.625. The summed E-state index contributed by atoms with van der Waals surface area (Å²) in [7, 11) is -1.32. The van der Waals surface area contributed by atoms with Crippen LogP contribution in [0.1, 0.15) is 37.7 Å². The molecule has 1 aliphatic carbocycles. The molecule has 1 saturated carbocycles. The van der Waals surface area contributed by atoms with E-state index in [1.54, 1.807) is 18.2 Å². The van der Waals surface area contributed by atoms with Crippen LogP contribution < -0.4 is 0 Å². The third kappa shape index (κ3) is 4.64. The van der Waals surface area contributed by atoms with Crippen molar-refractivity contribution in [2.24, 2.45) is 5.92 Å². The molecule has 0 radical (unpaired) electrons. The predicted octanol–water partition coefficient (Wildman–Crippen LogP) is 2.77. The van der Waals surface area contributed by atoms with Gasteiger partial charge in [-0.05, 0) is 36.5 Å². The van der Waals surface area contributed by atoms with Crippen molar-refractivity contribution >= 4 is 20.8 Å². The van der Waals surface area contributed by atoms with Gasteiger partial charge in [-0.15, -0.1) is 0 Å². The minimum absolute atomic E-state index is 0.268. The highest BCUT2D eigenvalue weighted by atomic mass is 32.2. The summed E-state index contributed by atoms with van der Waals surface area (Å²) < 4.78 is 37.8. The molecule has 1 atom stereocenters. The van der Waals surface area contributed by atoms with Gasteiger partial charge in [-0.25, -0.2) is 12.7 Å². The van der Waals surface area contributed by atoms with Gasteiger partial charge in [0.1, 0.15) is 0 Å². The summed E-state index contributed by atoms with van der Waals surface area (Å²) in [4.78, 5) is 0.268. The third-order valence-electron chi connectivity index (χ3n) is 4.15. The highest BCUT2D eigenvalue weighted by Crippen LogP contribution is 2.25. The average molecular weight is 344 g/mol. The van der Waals surface area contributed by atoms with Crippen LogP contribution in [0, 0.1) is 5.92 Å². The Morgan fingerprint density at radius 1 is 1.18 bits per heavy atom. The fourth-order valence-electron chi connectivity index (χ4n) is 2.87. The zero-order chi connectivity index (χ0) is 16.2. The molecule has 6 heteroatoms. The molecule has 0 saturated heterocycles. The second-order valence-electron chi connectivity index (χ2n) is 6.19. The zero-order valence-corrected chi connectivity index (χ0v) is 15.0. The van der Waals surface area contributed by atoms with Crippen molar-refractivity contribution in [1.29, 1.82) is 0 Å². The van der Waals surface area contributed by atoms with E-state index in [1.165, 1.54) is 50.5 Å². The molecule has 1 aromatic rings. The number of benzene rings is 1. The lowest BCUT2D eigenvalue weighted by Gasteiger charge is -2.21. The summed E-state index contributed by atoms with van der Waals surface area (Å²) in [6.07, 6.45) is 6.16. The Labute approximate surface area is 136 Å². The van der Waals surface area contributed by atoms with Crippen molar-refractivity contribution < 1.29 is 12.6 Å². The number of rotatable bonds is 6. The van der Waals surface area contributed by atoms with Crippen molar-refractivity contribution in [1.82, 2.24) is 4.31 Å². The van der Waals surface area contributed by atoms with Gasteiger partial charge in [0.2, 0.25) is 10.0 Å². The Hall–Kier alpha value is -0.720. The van der Waals surface area contributed by atoms with E-state index >= 15 is 0 Å². The smallest absolute Gasteiger partial charge is 0.242 e. The molecule has 1 aliphatic rings. The first-order valence-electron chi connectivity index (χ1n) is 7.76. The van der Waals surface area contributed by atoms with Crippen LogP contribution in [0.5, 0.6) is 0 Å². The van der Waals surface area contributed by atoms with E-state index < -0.39 is 20.8 Å². The summed E-state index contributed by atoms with van der Waals surface area (Å²) >= 11 is 0. The molecule has 0 N–H and O–H groups in total. The standard InChI is InChI=1S/C16H25NO3S2/c1-17(2)22(19,20)16-10-6-9-15(11-16)13-21(18)12-14-7-4-3-5-8-14/h6,9-11,14H,3-5,7-8,12-13H2,1-2H3. The number of hydrogen-bond donors (Lipinski definition) is 0. The molecule has 0 aliphatic heterocycles. The summed E-state index contributed by atoms with van der Waals surface area (Å²) in [5.41, 5.74) is 0.831. The summed E-state index contributed by atoms with van der Waals surface area (Å²) in [5.74, 6) is 1.75. The van der Waals surface area contributed by atoms with Crippen LogP contribution in [0.3, 0.4) is 0 Å². The maximum absolute atomic E-state index is 12.3. The molecule has 0 bridgehead atoms. The molecule has 0 heterocycles. The van der Waals surface area contributed by atoms with E-state index in [4.69, 9.17) is 0 Å². The average Bonchev–Trinajstić information content (AvgIpc) is 2.48. The van der Waals surface area contributed by atoms with Crippen LogP contribution in [-0.4, -0.2) is 36.8 Å². The van der Waals surface area contributed by atoms with E-state index in [-0.39, 0.29) is 4.90 Å². The molecule has 0 amide bonds. The number of nitrogens with zero attached hydrogens (tertiary/aromatic N) is 1. The second kappa shape index (κ2) is 7.70. The third-order valence-corrected chi connectivity index (χ3v) is 7.46. The molecule has 0 spiro atoms. The topological polar surface area (TPSA) is 54.5 Å². The van der Waals surface area contributed by atoms with E-state index in [1.807, 2.05) is 6.07 Å². The molecule has 0 aromatic heterocycles. The van der Waals surface area contributed by atoms with Crippen LogP contribution in [0.15, 0.2) is 29.2 Å². The maximum atomic E-state index is 12.3. The van der Waals surface area contributed by atoms with Crippen LogP contribution >= 0.6 is 0 Å². The highest BCUT2D eigenvalue weighted by molar-refractivity contribution is 7.89. The van der Waals surface area contributed by atoms with Crippen molar-refractivity contribution in [2.45, 2.75) is 42.8 Å². The minimum Gasteiger partial charge on any atom is -0.259 e. The Morgan fingerprint density at radius 3 is 2.50 bits per heavy atom. The highest BCUT2D eigenvalue weighted by Gasteiger charge is 2.19. The molecule has 1 fully saturated rings. The molecular formula is C16H25NO3S2. The van der Waals surface area contributed by atoms with E-state index in [0.29, 0.717) is 11.7 Å². The van der Waals surface area contributed by atoms with Crippen molar-refractivity contribution in [3.05, 3.63) is 29.8 Å². The lowest BCUT2D eigenvalue weighted by molar-refractivity contribution is 0.388. The number of sulfonamides is 1. The molecule has 124 valence electrons. The lowest BCUT2D eigenvalue weighted by Crippen LogP contribution is -2.22. The normalized spacial score (nSPS) is 18.5. The van der Waals surface area contributed by atoms with Crippen LogP contribution in [0.4, 0.5) is 0 Å². The zero-order valence-electron chi connectivity index (χ0n) is 13.3. The van der Waals surface area contributed by atoms with E-state index in [2.05, 4.69) is 0 Å². The Morgan fingerprint density at radius 2 is 1.86 bits per heavy atom. The van der Waals surface area contributed by atoms with Gasteiger partial charge in [0, 0.05) is 36.4 Å². The quantitative estimate of drug-likeness (QED) is 0.798. The maximum Gasteiger partial charge on any atom is 0.242 e. The van der Waals surface area contributed by atoms with Gasteiger partial charge >= 0.3 is 0 Å². The van der Waals surface area contributed by atoms with Crippen molar-refractivity contribution in [2.75, 3.05) is 19.8 Å². The van der Waals surface area contributed by atoms with Crippen molar-refractivity contribution in [3.8, 4) is 0 Å². The lowest BCUT2D eigenvalue weighted by atomic mass is 9.91. The Kier molecular flexibility index (Phi) is 6.17. The van der Waals surface area contributed by atoms with Gasteiger partial charge in [-0.2, -0.15) is 0 Å². The first-order valence-corrected chi connectivity index (χ1v) is 10.7. The Bertz CT molecular complexity index is 620. The van der Waals surface area contributed by atoms with Crippen LogP contribution in [0.2, 0.25) is 0 Å². The predicted molar refractivity (Wildman–Crippen MR) is 90.6 cm³/mol. The van der Waals surface area contributed by atoms with Crippen LogP contribution in [0.25, 0.3) is 0 Å². The molecule has 22 heavy (non-hydrogen) atoms. The first-order chi connectivity index (χ1) is 10.4. The summed E-state index contributed by atoms with van der Waals surface area (Å²) in [6.45, 7) is 0. The molecular weight excluding hydrogens is 318 g/mol. The Balaban J connectivity index is 2.02. The second-order valence-corrected chi connectivity index (χ2v) is 9.84. The molecule has 1 unspecified atom stereocenters. The largest absolute Gasteiger partial charge is 0.259 e. The van der Waals surface area contributed by atoms with Gasteiger partial charge in [0.25, 0.3) is 0 Å². The number of hydrogen-bond acceptors (Lipinski definition) is 3. The molecule has 2 rings (SSSR count). The van der Waals surface area contributed by atoms with Gasteiger partial charge < -0.3 is 0 Å². The summed E-state index contributed by atoms with van der Waals surface area (Å²) in [5, 5.41) is 0. The summed E-state index contributed by atoms with van der Waals surface area (Å²) in [6, 6.07) is 6.81. The monoisotopic (exact) mass is 343 g/mol. The van der Waals surface area contributed by atoms with Gasteiger partial charge in [0.15, 0.2) is 0 Å². The first kappa shape index (κ1) is 17.6. The molecule has 1 aromatic carbocycles. The van der Waals surface area contributed by atoms with Gasteiger partial charge in [-0.3, -0.25) is 4.21 Å². The SMILES string of the molecule is CN(C)S(=O)(=O)c1cccc(CS(=O)CC2CCCCC2)c1. The fourth-order valence-corrected chi connectivity index (χ4v) is 5.37. The van der Waals surface area contributed by atoms with Gasteiger partial charge in [-0.1, -0.05) is 31.4 Å². The van der Waals surface area contributed by atoms with Crippen molar-refractivity contribution in [3.63, 3.8) is 0 Å². The van der Waals surface area contributed by atoms with Crippen LogP contribution in [-0.2, 0) is 26.6 Å². The van der Waals surface area contributed by atoms with Gasteiger partial charge in [0.05, 0.1) is 4.90 Å². The van der Waals surface area contributed by atoms with E-state index in [9.17, 15) is 12.6 Å².